The number of aryl methyl sites for hydroxylation is 1. The van der Waals surface area contributed by atoms with Gasteiger partial charge in [-0.1, -0.05) is 6.92 Å². The van der Waals surface area contributed by atoms with Crippen molar-refractivity contribution in [2.24, 2.45) is 5.92 Å². The molecule has 0 saturated carbocycles. The molecule has 1 unspecified atom stereocenters. The second-order valence-electron chi connectivity index (χ2n) is 3.66. The average molecular weight is 230 g/mol. The minimum Gasteiger partial charge on any atom is -0.396 e. The summed E-state index contributed by atoms with van der Waals surface area (Å²) in [5, 5.41) is 12.2. The number of aromatic nitrogens is 2. The van der Waals surface area contributed by atoms with Crippen molar-refractivity contribution in [2.45, 2.75) is 20.3 Å². The smallest absolute Gasteiger partial charge is 0.224 e. The highest BCUT2D eigenvalue weighted by Crippen LogP contribution is 2.10. The third kappa shape index (κ3) is 4.44. The molecule has 1 aromatic heterocycles. The number of anilines is 1. The third-order valence-electron chi connectivity index (χ3n) is 2.08. The molecule has 0 aliphatic rings. The lowest BCUT2D eigenvalue weighted by Crippen LogP contribution is -2.13. The number of nitrogens with zero attached hydrogens (tertiary/aromatic N) is 2. The van der Waals surface area contributed by atoms with Gasteiger partial charge in [0.1, 0.15) is 5.82 Å². The standard InChI is InChI=1S/C10H16ClN3O/c1-7(3-4-15)6-12-9-5-8(2)13-10(11)14-9/h5,7,15H,3-4,6H2,1-2H3,(H,12,13,14). The molecule has 0 aliphatic carbocycles. The van der Waals surface area contributed by atoms with Crippen LogP contribution in [0.25, 0.3) is 0 Å². The molecule has 5 heteroatoms. The number of hydrogen-bond acceptors (Lipinski definition) is 4. The van der Waals surface area contributed by atoms with Crippen molar-refractivity contribution in [1.29, 1.82) is 0 Å². The van der Waals surface area contributed by atoms with Gasteiger partial charge in [-0.15, -0.1) is 0 Å². The maximum absolute atomic E-state index is 8.75. The Morgan fingerprint density at radius 3 is 2.87 bits per heavy atom. The summed E-state index contributed by atoms with van der Waals surface area (Å²) in [4.78, 5) is 8.02. The first kappa shape index (κ1) is 12.2. The Bertz CT molecular complexity index is 299. The van der Waals surface area contributed by atoms with E-state index in [4.69, 9.17) is 16.7 Å². The summed E-state index contributed by atoms with van der Waals surface area (Å²) in [7, 11) is 0. The van der Waals surface area contributed by atoms with E-state index in [1.165, 1.54) is 0 Å². The van der Waals surface area contributed by atoms with Gasteiger partial charge in [-0.3, -0.25) is 0 Å². The number of nitrogens with one attached hydrogen (secondary N) is 1. The zero-order valence-corrected chi connectivity index (χ0v) is 9.75. The Morgan fingerprint density at radius 2 is 2.27 bits per heavy atom. The van der Waals surface area contributed by atoms with Gasteiger partial charge in [0.05, 0.1) is 0 Å². The van der Waals surface area contributed by atoms with Gasteiger partial charge in [0, 0.05) is 24.9 Å². The summed E-state index contributed by atoms with van der Waals surface area (Å²) in [5.41, 5.74) is 0.840. The van der Waals surface area contributed by atoms with Crippen LogP contribution in [0.5, 0.6) is 0 Å². The molecule has 1 aromatic rings. The van der Waals surface area contributed by atoms with E-state index >= 15 is 0 Å². The Balaban J connectivity index is 2.50. The number of halogens is 1. The minimum absolute atomic E-state index is 0.215. The summed E-state index contributed by atoms with van der Waals surface area (Å²) in [6.45, 7) is 4.93. The molecule has 4 nitrogen and oxygen atoms in total. The van der Waals surface area contributed by atoms with Crippen molar-refractivity contribution < 1.29 is 5.11 Å². The van der Waals surface area contributed by atoms with E-state index in [-0.39, 0.29) is 11.9 Å². The molecule has 0 bridgehead atoms. The quantitative estimate of drug-likeness (QED) is 0.757. The van der Waals surface area contributed by atoms with E-state index < -0.39 is 0 Å². The van der Waals surface area contributed by atoms with Crippen LogP contribution in [0.4, 0.5) is 5.82 Å². The van der Waals surface area contributed by atoms with Crippen molar-refractivity contribution in [2.75, 3.05) is 18.5 Å². The van der Waals surface area contributed by atoms with Crippen molar-refractivity contribution >= 4 is 17.4 Å². The summed E-state index contributed by atoms with van der Waals surface area (Å²) in [6, 6.07) is 1.84. The summed E-state index contributed by atoms with van der Waals surface area (Å²) in [6.07, 6.45) is 0.783. The molecule has 0 radical (unpaired) electrons. The molecule has 1 atom stereocenters. The molecule has 84 valence electrons. The monoisotopic (exact) mass is 229 g/mol. The molecule has 15 heavy (non-hydrogen) atoms. The molecule has 1 heterocycles. The molecule has 2 N–H and O–H groups in total. The molecule has 0 aliphatic heterocycles. The lowest BCUT2D eigenvalue weighted by Gasteiger charge is -2.11. The molecule has 0 spiro atoms. The molecular formula is C10H16ClN3O. The maximum atomic E-state index is 8.75. The number of rotatable bonds is 5. The average Bonchev–Trinajstić information content (AvgIpc) is 2.14. The van der Waals surface area contributed by atoms with Crippen molar-refractivity contribution in [3.05, 3.63) is 17.0 Å². The van der Waals surface area contributed by atoms with E-state index in [1.807, 2.05) is 13.0 Å². The lowest BCUT2D eigenvalue weighted by atomic mass is 10.1. The highest BCUT2D eigenvalue weighted by molar-refractivity contribution is 6.28. The van der Waals surface area contributed by atoms with Crippen LogP contribution >= 0.6 is 11.6 Å². The van der Waals surface area contributed by atoms with Gasteiger partial charge in [-0.05, 0) is 30.9 Å². The van der Waals surface area contributed by atoms with Crippen molar-refractivity contribution in [1.82, 2.24) is 9.97 Å². The van der Waals surface area contributed by atoms with Crippen LogP contribution in [-0.2, 0) is 0 Å². The second-order valence-corrected chi connectivity index (χ2v) is 4.00. The van der Waals surface area contributed by atoms with E-state index in [9.17, 15) is 0 Å². The fourth-order valence-electron chi connectivity index (χ4n) is 1.22. The Hall–Kier alpha value is -0.870. The first-order valence-electron chi connectivity index (χ1n) is 4.97. The molecule has 0 saturated heterocycles. The fourth-order valence-corrected chi connectivity index (χ4v) is 1.45. The molecule has 0 aromatic carbocycles. The van der Waals surface area contributed by atoms with Crippen molar-refractivity contribution in [3.8, 4) is 0 Å². The van der Waals surface area contributed by atoms with Gasteiger partial charge < -0.3 is 10.4 Å². The molecule has 0 fully saturated rings. The number of aliphatic hydroxyl groups is 1. The van der Waals surface area contributed by atoms with Crippen LogP contribution in [0.3, 0.4) is 0 Å². The fraction of sp³-hybridized carbons (Fsp3) is 0.600. The topological polar surface area (TPSA) is 58.0 Å². The maximum Gasteiger partial charge on any atom is 0.224 e. The molecular weight excluding hydrogens is 214 g/mol. The van der Waals surface area contributed by atoms with Gasteiger partial charge in [-0.2, -0.15) is 0 Å². The summed E-state index contributed by atoms with van der Waals surface area (Å²) >= 11 is 5.72. The molecule has 1 rings (SSSR count). The summed E-state index contributed by atoms with van der Waals surface area (Å²) < 4.78 is 0. The highest BCUT2D eigenvalue weighted by Gasteiger charge is 2.03. The van der Waals surface area contributed by atoms with Crippen LogP contribution in [0.1, 0.15) is 19.0 Å². The third-order valence-corrected chi connectivity index (χ3v) is 2.25. The highest BCUT2D eigenvalue weighted by atomic mass is 35.5. The van der Waals surface area contributed by atoms with E-state index in [0.29, 0.717) is 5.92 Å². The Labute approximate surface area is 94.7 Å². The normalized spacial score (nSPS) is 12.5. The van der Waals surface area contributed by atoms with E-state index in [1.54, 1.807) is 0 Å². The van der Waals surface area contributed by atoms with Crippen LogP contribution in [0, 0.1) is 12.8 Å². The number of aliphatic hydroxyl groups excluding tert-OH is 1. The Morgan fingerprint density at radius 1 is 1.53 bits per heavy atom. The van der Waals surface area contributed by atoms with Crippen LogP contribution in [0.2, 0.25) is 5.28 Å². The predicted molar refractivity (Wildman–Crippen MR) is 61.1 cm³/mol. The lowest BCUT2D eigenvalue weighted by molar-refractivity contribution is 0.266. The predicted octanol–water partition coefficient (Wildman–Crippen LogP) is 1.87. The SMILES string of the molecule is Cc1cc(NCC(C)CCO)nc(Cl)n1. The van der Waals surface area contributed by atoms with Gasteiger partial charge >= 0.3 is 0 Å². The van der Waals surface area contributed by atoms with Gasteiger partial charge in [-0.25, -0.2) is 9.97 Å². The van der Waals surface area contributed by atoms with Gasteiger partial charge in [0.2, 0.25) is 5.28 Å². The first-order valence-corrected chi connectivity index (χ1v) is 5.35. The number of hydrogen-bond donors (Lipinski definition) is 2. The first-order chi connectivity index (χ1) is 7.11. The minimum atomic E-state index is 0.215. The second kappa shape index (κ2) is 5.88. The Kier molecular flexibility index (Phi) is 4.78. The molecule has 0 amide bonds. The largest absolute Gasteiger partial charge is 0.396 e. The zero-order chi connectivity index (χ0) is 11.3. The van der Waals surface area contributed by atoms with Crippen LogP contribution in [0.15, 0.2) is 6.07 Å². The zero-order valence-electron chi connectivity index (χ0n) is 9.00. The van der Waals surface area contributed by atoms with Gasteiger partial charge in [0.15, 0.2) is 0 Å². The summed E-state index contributed by atoms with van der Waals surface area (Å²) in [5.74, 6) is 1.14. The van der Waals surface area contributed by atoms with Gasteiger partial charge in [0.25, 0.3) is 0 Å². The van der Waals surface area contributed by atoms with E-state index in [0.717, 1.165) is 24.5 Å². The van der Waals surface area contributed by atoms with Crippen LogP contribution in [-0.4, -0.2) is 28.2 Å². The van der Waals surface area contributed by atoms with Crippen molar-refractivity contribution in [3.63, 3.8) is 0 Å². The van der Waals surface area contributed by atoms with E-state index in [2.05, 4.69) is 22.2 Å². The van der Waals surface area contributed by atoms with Crippen LogP contribution < -0.4 is 5.32 Å².